The summed E-state index contributed by atoms with van der Waals surface area (Å²) in [4.78, 5) is 15.5. The molecule has 0 amide bonds. The van der Waals surface area contributed by atoms with E-state index >= 15 is 0 Å². The van der Waals surface area contributed by atoms with Crippen molar-refractivity contribution in [1.29, 1.82) is 0 Å². The van der Waals surface area contributed by atoms with E-state index in [0.717, 1.165) is 44.2 Å². The molecule has 0 aliphatic rings. The third-order valence-electron chi connectivity index (χ3n) is 11.1. The van der Waals surface area contributed by atoms with Gasteiger partial charge in [-0.1, -0.05) is 158 Å². The first-order chi connectivity index (χ1) is 32.6. The highest BCUT2D eigenvalue weighted by atomic mass is 32.1. The minimum absolute atomic E-state index is 0.0671. The second-order valence-corrected chi connectivity index (χ2v) is 15.7. The molecule has 60 heavy (non-hydrogen) atoms. The molecule has 0 bridgehead atoms. The number of para-hydroxylation sites is 3. The maximum atomic E-state index is 9.19. The number of fused-ring (bicyclic) bond motifs is 7. The lowest BCUT2D eigenvalue weighted by Gasteiger charge is -2.15. The van der Waals surface area contributed by atoms with Gasteiger partial charge in [-0.05, 0) is 81.5 Å². The zero-order valence-corrected chi connectivity index (χ0v) is 32.6. The molecule has 0 saturated heterocycles. The van der Waals surface area contributed by atoms with E-state index in [4.69, 9.17) is 23.2 Å². The van der Waals surface area contributed by atoms with Crippen molar-refractivity contribution in [2.75, 3.05) is 0 Å². The molecule has 280 valence electrons. The second-order valence-electron chi connectivity index (χ2n) is 14.7. The van der Waals surface area contributed by atoms with Crippen molar-refractivity contribution in [3.05, 3.63) is 206 Å². The highest BCUT2D eigenvalue weighted by Crippen LogP contribution is 2.41. The summed E-state index contributed by atoms with van der Waals surface area (Å²) in [6, 6.07) is 52.2. The summed E-state index contributed by atoms with van der Waals surface area (Å²) in [6.45, 7) is 0. The fraction of sp³-hybridized carbons (Fsp3) is 0. The summed E-state index contributed by atoms with van der Waals surface area (Å²) in [5.41, 5.74) is 7.04. The van der Waals surface area contributed by atoms with Crippen LogP contribution in [0.4, 0.5) is 0 Å². The normalized spacial score (nSPS) is 13.3. The molecule has 0 aliphatic carbocycles. The molecule has 9 aromatic carbocycles. The monoisotopic (exact) mass is 789 g/mol. The Bertz CT molecular complexity index is 4030. The first-order valence-electron chi connectivity index (χ1n) is 23.1. The summed E-state index contributed by atoms with van der Waals surface area (Å²) in [7, 11) is 0. The van der Waals surface area contributed by atoms with Crippen LogP contribution in [0.1, 0.15) is 9.60 Å². The maximum absolute atomic E-state index is 9.19. The molecule has 12 rings (SSSR count). The van der Waals surface area contributed by atoms with E-state index in [1.165, 1.54) is 26.2 Å². The van der Waals surface area contributed by atoms with Gasteiger partial charge in [-0.2, -0.15) is 0 Å². The number of hydrogen-bond donors (Lipinski definition) is 0. The first-order valence-corrected chi connectivity index (χ1v) is 20.4. The van der Waals surface area contributed by atoms with Crippen molar-refractivity contribution in [3.8, 4) is 62.1 Å². The number of thiophene rings is 1. The van der Waals surface area contributed by atoms with Crippen LogP contribution in [-0.2, 0) is 0 Å². The van der Waals surface area contributed by atoms with E-state index in [-0.39, 0.29) is 57.8 Å². The molecule has 3 heterocycles. The molecule has 3 aromatic heterocycles. The molecule has 0 saturated carbocycles. The molecule has 0 fully saturated rings. The second kappa shape index (κ2) is 14.0. The molecule has 5 heteroatoms. The highest BCUT2D eigenvalue weighted by molar-refractivity contribution is 7.26. The van der Waals surface area contributed by atoms with E-state index < -0.39 is 12.1 Å². The lowest BCUT2D eigenvalue weighted by atomic mass is 9.99. The summed E-state index contributed by atoms with van der Waals surface area (Å²) >= 11 is 1.77. The van der Waals surface area contributed by atoms with Gasteiger partial charge in [-0.25, -0.2) is 15.0 Å². The Hall–Kier alpha value is -7.73. The Morgan fingerprint density at radius 3 is 1.90 bits per heavy atom. The first kappa shape index (κ1) is 27.8. The van der Waals surface area contributed by atoms with E-state index in [1.807, 2.05) is 48.5 Å². The van der Waals surface area contributed by atoms with Crippen molar-refractivity contribution in [2.45, 2.75) is 0 Å². The van der Waals surface area contributed by atoms with E-state index in [1.54, 1.807) is 28.0 Å². The number of hydrogen-bond acceptors (Lipinski definition) is 4. The van der Waals surface area contributed by atoms with Crippen molar-refractivity contribution in [1.82, 2.24) is 19.5 Å². The Labute approximate surface area is 360 Å². The third kappa shape index (κ3) is 5.70. The number of aromatic nitrogens is 4. The van der Waals surface area contributed by atoms with Gasteiger partial charge in [0.05, 0.1) is 26.3 Å². The summed E-state index contributed by atoms with van der Waals surface area (Å²) in [5.74, 6) is 1.12. The zero-order valence-electron chi connectivity index (χ0n) is 38.8. The van der Waals surface area contributed by atoms with Gasteiger partial charge in [0, 0.05) is 47.6 Å². The van der Waals surface area contributed by atoms with Gasteiger partial charge in [0.15, 0.2) is 17.5 Å². The van der Waals surface area contributed by atoms with Gasteiger partial charge in [0.25, 0.3) is 0 Å². The molecule has 0 N–H and O–H groups in total. The van der Waals surface area contributed by atoms with Gasteiger partial charge >= 0.3 is 0 Å². The third-order valence-corrected chi connectivity index (χ3v) is 12.4. The van der Waals surface area contributed by atoms with E-state index in [9.17, 15) is 1.37 Å². The van der Waals surface area contributed by atoms with Crippen molar-refractivity contribution in [3.63, 3.8) is 0 Å². The van der Waals surface area contributed by atoms with Gasteiger partial charge in [0.2, 0.25) is 0 Å². The van der Waals surface area contributed by atoms with Gasteiger partial charge in [-0.15, -0.1) is 11.3 Å². The van der Waals surface area contributed by atoms with E-state index in [2.05, 4.69) is 97.1 Å². The zero-order chi connectivity index (χ0) is 45.7. The Morgan fingerprint density at radius 1 is 0.400 bits per heavy atom. The molecular weight excluding hydrogens is 749 g/mol. The Kier molecular flexibility index (Phi) is 6.48. The van der Waals surface area contributed by atoms with Crippen LogP contribution in [0.25, 0.3) is 115 Å². The molecule has 4 nitrogen and oxygen atoms in total. The van der Waals surface area contributed by atoms with Crippen molar-refractivity contribution >= 4 is 64.1 Å². The van der Waals surface area contributed by atoms with Crippen molar-refractivity contribution < 1.29 is 9.60 Å². The minimum atomic E-state index is -0.463. The molecular formula is C55H34N4S. The Morgan fingerprint density at radius 2 is 1.02 bits per heavy atom. The number of nitrogens with zero attached hydrogens (tertiary/aromatic N) is 4. The van der Waals surface area contributed by atoms with Gasteiger partial charge in [-0.3, -0.25) is 0 Å². The van der Waals surface area contributed by atoms with Crippen LogP contribution in [0, 0.1) is 0 Å². The molecule has 0 spiro atoms. The summed E-state index contributed by atoms with van der Waals surface area (Å²) in [6.07, 6.45) is 0. The molecule has 0 radical (unpaired) electrons. The van der Waals surface area contributed by atoms with E-state index in [0.29, 0.717) is 22.9 Å². The van der Waals surface area contributed by atoms with Crippen LogP contribution >= 0.6 is 11.3 Å². The average molecular weight is 790 g/mol. The lowest BCUT2D eigenvalue weighted by Crippen LogP contribution is -2.03. The molecule has 0 atom stereocenters. The largest absolute Gasteiger partial charge is 0.309 e. The molecule has 0 aliphatic heterocycles. The van der Waals surface area contributed by atoms with Crippen LogP contribution in [0.2, 0.25) is 0 Å². The number of rotatable bonds is 6. The van der Waals surface area contributed by atoms with Crippen LogP contribution in [0.5, 0.6) is 0 Å². The minimum Gasteiger partial charge on any atom is -0.309 e. The molecule has 12 aromatic rings. The van der Waals surface area contributed by atoms with Gasteiger partial charge < -0.3 is 4.57 Å². The van der Waals surface area contributed by atoms with Crippen LogP contribution in [-0.4, -0.2) is 19.5 Å². The highest BCUT2D eigenvalue weighted by Gasteiger charge is 2.20. The maximum Gasteiger partial charge on any atom is 0.166 e. The standard InChI is InChI=1S/C55H34N4S/c1-2-14-35(15-3-1)36-28-29-38-33-41(31-30-37(38)32-36)54-56-53(40-17-12-16-39(34-40)42-22-13-23-46-45-20-7-11-27-51(45)60-52(42)46)57-55(58-54)47-21-6-10-26-50(47)59-48-24-8-4-18-43(48)44-19-5-9-25-49(44)59/h1-34H/i4D,5D,8D,18D,19D,24D,25D. The predicted octanol–water partition coefficient (Wildman–Crippen LogP) is 14.8. The van der Waals surface area contributed by atoms with Crippen LogP contribution in [0.3, 0.4) is 0 Å². The molecule has 0 unspecified atom stereocenters. The predicted molar refractivity (Wildman–Crippen MR) is 252 cm³/mol. The fourth-order valence-corrected chi connectivity index (χ4v) is 9.55. The van der Waals surface area contributed by atoms with Crippen LogP contribution in [0.15, 0.2) is 206 Å². The summed E-state index contributed by atoms with van der Waals surface area (Å²) in [5, 5.41) is 4.63. The smallest absolute Gasteiger partial charge is 0.166 e. The fourth-order valence-electron chi connectivity index (χ4n) is 8.32. The topological polar surface area (TPSA) is 43.6 Å². The SMILES string of the molecule is [2H]c1cc([2H])c2c(c1[2H])c1c([2H])c([2H])c([2H])c([2H])c1n2-c1ccccc1-c1nc(-c2cccc(-c3cccc4c3sc3ccccc34)c2)nc(-c2ccc3cc(-c4ccccc4)ccc3c2)n1. The van der Waals surface area contributed by atoms with Gasteiger partial charge in [0.1, 0.15) is 0 Å². The average Bonchev–Trinajstić information content (AvgIpc) is 3.94. The lowest BCUT2D eigenvalue weighted by molar-refractivity contribution is 1.06. The van der Waals surface area contributed by atoms with Crippen molar-refractivity contribution in [2.24, 2.45) is 0 Å². The Balaban J connectivity index is 1.09. The summed E-state index contributed by atoms with van der Waals surface area (Å²) < 4.78 is 66.2. The van der Waals surface area contributed by atoms with Crippen LogP contribution < -0.4 is 0 Å². The number of benzene rings is 9. The quantitative estimate of drug-likeness (QED) is 0.168.